The molecule has 174 valence electrons. The van der Waals surface area contributed by atoms with Crippen LogP contribution in [0.25, 0.3) is 28.6 Å². The molecule has 0 spiro atoms. The summed E-state index contributed by atoms with van der Waals surface area (Å²) in [6.45, 7) is 3.48. The predicted molar refractivity (Wildman–Crippen MR) is 123 cm³/mol. The topological polar surface area (TPSA) is 60.7 Å². The van der Waals surface area contributed by atoms with Crippen LogP contribution in [0, 0.1) is 13.8 Å². The molecule has 3 heterocycles. The van der Waals surface area contributed by atoms with Crippen LogP contribution in [0.2, 0.25) is 10.0 Å². The number of benzene rings is 1. The average Bonchev–Trinajstić information content (AvgIpc) is 2.75. The van der Waals surface area contributed by atoms with E-state index in [1.807, 2.05) is 0 Å². The van der Waals surface area contributed by atoms with E-state index in [4.69, 9.17) is 23.2 Å². The van der Waals surface area contributed by atoms with Crippen LogP contribution in [0.1, 0.15) is 28.2 Å². The zero-order valence-electron chi connectivity index (χ0n) is 17.6. The summed E-state index contributed by atoms with van der Waals surface area (Å²) in [4.78, 5) is 20.7. The molecule has 0 N–H and O–H groups in total. The summed E-state index contributed by atoms with van der Waals surface area (Å²) >= 11 is 12.3. The highest BCUT2D eigenvalue weighted by Gasteiger charge is 2.32. The van der Waals surface area contributed by atoms with Gasteiger partial charge in [-0.2, -0.15) is 18.3 Å². The highest BCUT2D eigenvalue weighted by atomic mass is 35.5. The van der Waals surface area contributed by atoms with Gasteiger partial charge in [0.25, 0.3) is 0 Å². The molecule has 4 rings (SSSR count). The number of rotatable bonds is 3. The summed E-state index contributed by atoms with van der Waals surface area (Å²) in [6.07, 6.45) is -3.03. The lowest BCUT2D eigenvalue weighted by Crippen LogP contribution is -2.19. The molecule has 0 unspecified atom stereocenters. The monoisotopic (exact) mass is 508 g/mol. The third-order valence-electron chi connectivity index (χ3n) is 5.04. The molecule has 0 aliphatic heterocycles. The maximum absolute atomic E-state index is 15.3. The van der Waals surface area contributed by atoms with Gasteiger partial charge in [-0.3, -0.25) is 9.78 Å². The van der Waals surface area contributed by atoms with Gasteiger partial charge in [0.05, 0.1) is 16.2 Å². The Morgan fingerprint density at radius 3 is 2.50 bits per heavy atom. The smallest absolute Gasteiger partial charge is 0.285 e. The Morgan fingerprint density at radius 1 is 1.09 bits per heavy atom. The number of aryl methyl sites for hydroxylation is 2. The summed E-state index contributed by atoms with van der Waals surface area (Å²) in [5.41, 5.74) is -0.998. The van der Waals surface area contributed by atoms with Crippen molar-refractivity contribution >= 4 is 46.1 Å². The van der Waals surface area contributed by atoms with Crippen molar-refractivity contribution in [3.05, 3.63) is 91.1 Å². The largest absolute Gasteiger partial charge is 0.433 e. The highest BCUT2D eigenvalue weighted by Crippen LogP contribution is 2.30. The van der Waals surface area contributed by atoms with Crippen molar-refractivity contribution in [2.75, 3.05) is 0 Å². The van der Waals surface area contributed by atoms with Crippen molar-refractivity contribution in [1.82, 2.24) is 19.7 Å². The van der Waals surface area contributed by atoms with Crippen LogP contribution in [0.15, 0.2) is 47.4 Å². The first-order chi connectivity index (χ1) is 16.0. The van der Waals surface area contributed by atoms with E-state index in [2.05, 4.69) is 15.1 Å². The van der Waals surface area contributed by atoms with Gasteiger partial charge < -0.3 is 0 Å². The molecule has 34 heavy (non-hydrogen) atoms. The van der Waals surface area contributed by atoms with Crippen LogP contribution in [0.5, 0.6) is 0 Å². The maximum Gasteiger partial charge on any atom is 0.433 e. The number of nitrogens with zero attached hydrogens (tertiary/aromatic N) is 4. The van der Waals surface area contributed by atoms with Gasteiger partial charge in [0.2, 0.25) is 5.43 Å². The molecule has 3 aromatic heterocycles. The van der Waals surface area contributed by atoms with Crippen molar-refractivity contribution in [1.29, 1.82) is 0 Å². The average molecular weight is 509 g/mol. The van der Waals surface area contributed by atoms with E-state index in [1.165, 1.54) is 16.8 Å². The molecule has 1 aromatic carbocycles. The number of halogens is 6. The lowest BCUT2D eigenvalue weighted by molar-refractivity contribution is -0.141. The molecule has 0 radical (unpaired) electrons. The lowest BCUT2D eigenvalue weighted by Gasteiger charge is -2.14. The van der Waals surface area contributed by atoms with Gasteiger partial charge in [-0.15, -0.1) is 0 Å². The van der Waals surface area contributed by atoms with Gasteiger partial charge >= 0.3 is 6.18 Å². The lowest BCUT2D eigenvalue weighted by atomic mass is 10.1. The molecule has 0 atom stereocenters. The number of hydrogen-bond donors (Lipinski definition) is 0. The quantitative estimate of drug-likeness (QED) is 0.293. The Morgan fingerprint density at radius 2 is 1.82 bits per heavy atom. The van der Waals surface area contributed by atoms with Crippen molar-refractivity contribution in [2.45, 2.75) is 20.0 Å². The molecule has 0 saturated heterocycles. The van der Waals surface area contributed by atoms with Gasteiger partial charge in [-0.1, -0.05) is 23.2 Å². The van der Waals surface area contributed by atoms with Crippen LogP contribution < -0.4 is 5.43 Å². The first kappa shape index (κ1) is 23.8. The first-order valence-electron chi connectivity index (χ1n) is 9.73. The van der Waals surface area contributed by atoms with Crippen LogP contribution in [-0.2, 0) is 6.18 Å². The Hall–Kier alpha value is -3.30. The molecule has 11 heteroatoms. The standard InChI is InChI=1S/C23H14Cl2F4N4O/c1-11-7-18-21(31-12(11)2)22(34)20(32-33(18)17-4-3-14(24)10-15(17)25)16(26)8-13-5-6-30-19(9-13)23(27,28)29/h3-10H,1-2H3/b16-8-. The van der Waals surface area contributed by atoms with Crippen molar-refractivity contribution in [2.24, 2.45) is 0 Å². The first-order valence-corrected chi connectivity index (χ1v) is 10.5. The van der Waals surface area contributed by atoms with E-state index in [-0.39, 0.29) is 21.6 Å². The Kier molecular flexibility index (Phi) is 6.18. The minimum absolute atomic E-state index is 0.0756. The number of pyridine rings is 2. The zero-order chi connectivity index (χ0) is 24.8. The molecule has 0 fully saturated rings. The molecule has 0 aliphatic carbocycles. The predicted octanol–water partition coefficient (Wildman–Crippen LogP) is 6.59. The molecule has 0 aliphatic rings. The van der Waals surface area contributed by atoms with E-state index >= 15 is 4.39 Å². The fourth-order valence-electron chi connectivity index (χ4n) is 3.23. The van der Waals surface area contributed by atoms with Crippen molar-refractivity contribution < 1.29 is 17.6 Å². The summed E-state index contributed by atoms with van der Waals surface area (Å²) in [7, 11) is 0. The van der Waals surface area contributed by atoms with Gasteiger partial charge in [-0.05, 0) is 67.4 Å². The SMILES string of the molecule is Cc1cc2c(nc1C)c(=O)c(/C(F)=C/c1ccnc(C(F)(F)F)c1)nn2-c1ccc(Cl)cc1Cl. The molecular formula is C23H14Cl2F4N4O. The number of alkyl halides is 3. The second kappa shape index (κ2) is 8.81. The Bertz CT molecular complexity index is 1530. The maximum atomic E-state index is 15.3. The molecule has 0 saturated carbocycles. The minimum atomic E-state index is -4.71. The van der Waals surface area contributed by atoms with E-state index in [1.54, 1.807) is 32.0 Å². The van der Waals surface area contributed by atoms with E-state index in [0.717, 1.165) is 17.8 Å². The van der Waals surface area contributed by atoms with Gasteiger partial charge in [-0.25, -0.2) is 14.1 Å². The summed E-state index contributed by atoms with van der Waals surface area (Å²) in [6, 6.07) is 8.06. The number of hydrogen-bond acceptors (Lipinski definition) is 4. The normalized spacial score (nSPS) is 12.4. The molecule has 0 amide bonds. The summed E-state index contributed by atoms with van der Waals surface area (Å²) in [5.74, 6) is -1.15. The zero-order valence-corrected chi connectivity index (χ0v) is 19.1. The third kappa shape index (κ3) is 4.53. The molecular weight excluding hydrogens is 495 g/mol. The molecule has 5 nitrogen and oxygen atoms in total. The second-order valence-corrected chi connectivity index (χ2v) is 8.25. The Labute approximate surface area is 200 Å². The van der Waals surface area contributed by atoms with E-state index in [0.29, 0.717) is 22.5 Å². The third-order valence-corrected chi connectivity index (χ3v) is 5.57. The van der Waals surface area contributed by atoms with Crippen molar-refractivity contribution in [3.63, 3.8) is 0 Å². The fourth-order valence-corrected chi connectivity index (χ4v) is 3.72. The molecule has 4 aromatic rings. The number of fused-ring (bicyclic) bond motifs is 1. The fraction of sp³-hybridized carbons (Fsp3) is 0.130. The van der Waals surface area contributed by atoms with E-state index in [9.17, 15) is 18.0 Å². The van der Waals surface area contributed by atoms with Gasteiger partial charge in [0.15, 0.2) is 11.5 Å². The minimum Gasteiger partial charge on any atom is -0.285 e. The van der Waals surface area contributed by atoms with Crippen LogP contribution in [0.3, 0.4) is 0 Å². The van der Waals surface area contributed by atoms with Gasteiger partial charge in [0.1, 0.15) is 11.2 Å². The van der Waals surface area contributed by atoms with Crippen LogP contribution >= 0.6 is 23.2 Å². The Balaban J connectivity index is 1.98. The molecule has 0 bridgehead atoms. The second-order valence-electron chi connectivity index (χ2n) is 7.41. The number of aromatic nitrogens is 4. The van der Waals surface area contributed by atoms with Crippen LogP contribution in [-0.4, -0.2) is 19.7 Å². The van der Waals surface area contributed by atoms with Crippen LogP contribution in [0.4, 0.5) is 17.6 Å². The summed E-state index contributed by atoms with van der Waals surface area (Å²) in [5, 5.41) is 4.69. The highest BCUT2D eigenvalue weighted by molar-refractivity contribution is 6.35. The van der Waals surface area contributed by atoms with Gasteiger partial charge in [0, 0.05) is 16.9 Å². The van der Waals surface area contributed by atoms with E-state index < -0.39 is 28.8 Å². The summed E-state index contributed by atoms with van der Waals surface area (Å²) < 4.78 is 55.4. The van der Waals surface area contributed by atoms with Crippen molar-refractivity contribution in [3.8, 4) is 5.69 Å².